The Labute approximate surface area is 104 Å². The van der Waals surface area contributed by atoms with Crippen LogP contribution < -0.4 is 5.73 Å². The highest BCUT2D eigenvalue weighted by Gasteiger charge is 2.90. The van der Waals surface area contributed by atoms with Gasteiger partial charge in [-0.05, 0) is 0 Å². The van der Waals surface area contributed by atoms with Gasteiger partial charge in [0.05, 0.1) is 18.1 Å². The van der Waals surface area contributed by atoms with Crippen molar-refractivity contribution in [2.75, 3.05) is 0 Å². The summed E-state index contributed by atoms with van der Waals surface area (Å²) in [7, 11) is 0. The monoisotopic (exact) mass is 244 g/mol. The molecule has 18 heavy (non-hydrogen) atoms. The van der Waals surface area contributed by atoms with Crippen LogP contribution in [0.2, 0.25) is 0 Å². The van der Waals surface area contributed by atoms with Crippen molar-refractivity contribution >= 4 is 17.5 Å². The maximum atomic E-state index is 12.3. The Morgan fingerprint density at radius 2 is 1.83 bits per heavy atom. The SMILES string of the molecule is CC(C)(C)C(=O)[C@H]1[C@@]2(C#N)C(=O)N=C(N)[C@]12C#N. The molecule has 1 amide bonds. The van der Waals surface area contributed by atoms with E-state index in [1.807, 2.05) is 6.07 Å². The van der Waals surface area contributed by atoms with Gasteiger partial charge in [-0.25, -0.2) is 0 Å². The number of amides is 1. The van der Waals surface area contributed by atoms with Crippen LogP contribution in [0, 0.1) is 44.8 Å². The van der Waals surface area contributed by atoms with Crippen LogP contribution in [0.5, 0.6) is 0 Å². The molecule has 1 aliphatic carbocycles. The lowest BCUT2D eigenvalue weighted by molar-refractivity contribution is -0.131. The number of Topliss-reactive ketones (excluding diaryl/α,β-unsaturated/α-hetero) is 1. The van der Waals surface area contributed by atoms with E-state index < -0.39 is 28.1 Å². The fourth-order valence-electron chi connectivity index (χ4n) is 2.64. The van der Waals surface area contributed by atoms with E-state index in [1.165, 1.54) is 0 Å². The first-order valence-electron chi connectivity index (χ1n) is 5.46. The molecule has 2 aliphatic rings. The van der Waals surface area contributed by atoms with E-state index >= 15 is 0 Å². The Hall–Kier alpha value is -2.21. The van der Waals surface area contributed by atoms with E-state index in [1.54, 1.807) is 26.8 Å². The van der Waals surface area contributed by atoms with Gasteiger partial charge in [0.1, 0.15) is 11.6 Å². The van der Waals surface area contributed by atoms with E-state index in [9.17, 15) is 20.1 Å². The van der Waals surface area contributed by atoms with Crippen LogP contribution in [0.1, 0.15) is 20.8 Å². The van der Waals surface area contributed by atoms with Crippen LogP contribution in [-0.4, -0.2) is 17.5 Å². The highest BCUT2D eigenvalue weighted by Crippen LogP contribution is 2.73. The lowest BCUT2D eigenvalue weighted by atomic mass is 9.84. The molecule has 0 bridgehead atoms. The summed E-state index contributed by atoms with van der Waals surface area (Å²) in [6.45, 7) is 5.03. The summed E-state index contributed by atoms with van der Waals surface area (Å²) in [6, 6.07) is 3.67. The molecular formula is C12H12N4O2. The van der Waals surface area contributed by atoms with Gasteiger partial charge in [0.2, 0.25) is 0 Å². The second-order valence-electron chi connectivity index (χ2n) is 5.69. The fraction of sp³-hybridized carbons (Fsp3) is 0.583. The summed E-state index contributed by atoms with van der Waals surface area (Å²) in [5.74, 6) is -2.28. The minimum atomic E-state index is -1.70. The van der Waals surface area contributed by atoms with Crippen LogP contribution in [0.15, 0.2) is 4.99 Å². The number of carbonyl (C=O) groups excluding carboxylic acids is 2. The van der Waals surface area contributed by atoms with E-state index in [4.69, 9.17) is 5.73 Å². The highest BCUT2D eigenvalue weighted by atomic mass is 16.2. The first kappa shape index (κ1) is 12.3. The third-order valence-corrected chi connectivity index (χ3v) is 3.72. The predicted octanol–water partition coefficient (Wildman–Crippen LogP) is 0.149. The number of nitriles is 2. The summed E-state index contributed by atoms with van der Waals surface area (Å²) in [4.78, 5) is 27.6. The average molecular weight is 244 g/mol. The number of fused-ring (bicyclic) bond motifs is 1. The molecule has 0 aromatic carbocycles. The summed E-state index contributed by atoms with van der Waals surface area (Å²) >= 11 is 0. The van der Waals surface area contributed by atoms with Gasteiger partial charge in [-0.1, -0.05) is 20.8 Å². The van der Waals surface area contributed by atoms with Gasteiger partial charge in [-0.2, -0.15) is 15.5 Å². The topological polar surface area (TPSA) is 120 Å². The van der Waals surface area contributed by atoms with Gasteiger partial charge in [0, 0.05) is 5.41 Å². The van der Waals surface area contributed by atoms with Crippen molar-refractivity contribution in [1.82, 2.24) is 0 Å². The second-order valence-corrected chi connectivity index (χ2v) is 5.69. The van der Waals surface area contributed by atoms with Crippen molar-refractivity contribution in [2.45, 2.75) is 20.8 Å². The van der Waals surface area contributed by atoms with Crippen molar-refractivity contribution in [3.8, 4) is 12.1 Å². The molecule has 0 aromatic heterocycles. The second kappa shape index (κ2) is 2.97. The molecule has 1 heterocycles. The zero-order valence-corrected chi connectivity index (χ0v) is 10.3. The number of rotatable bonds is 1. The molecule has 6 nitrogen and oxygen atoms in total. The molecule has 0 saturated heterocycles. The number of carbonyl (C=O) groups is 2. The van der Waals surface area contributed by atoms with Crippen LogP contribution in [-0.2, 0) is 9.59 Å². The van der Waals surface area contributed by atoms with E-state index in [0.717, 1.165) is 0 Å². The summed E-state index contributed by atoms with van der Waals surface area (Å²) in [5.41, 5.74) is 1.59. The Balaban J connectivity index is 2.60. The van der Waals surface area contributed by atoms with Gasteiger partial charge in [-0.3, -0.25) is 9.59 Å². The lowest BCUT2D eigenvalue weighted by Crippen LogP contribution is -2.31. The zero-order chi connectivity index (χ0) is 13.9. The summed E-state index contributed by atoms with van der Waals surface area (Å²) < 4.78 is 0. The van der Waals surface area contributed by atoms with Gasteiger partial charge in [0.25, 0.3) is 5.91 Å². The molecule has 0 radical (unpaired) electrons. The van der Waals surface area contributed by atoms with Crippen LogP contribution in [0.4, 0.5) is 0 Å². The number of amidine groups is 1. The van der Waals surface area contributed by atoms with Crippen molar-refractivity contribution in [3.63, 3.8) is 0 Å². The maximum absolute atomic E-state index is 12.3. The van der Waals surface area contributed by atoms with Crippen LogP contribution >= 0.6 is 0 Å². The third kappa shape index (κ3) is 0.948. The van der Waals surface area contributed by atoms with E-state index in [0.29, 0.717) is 0 Å². The number of ketones is 1. The first-order valence-corrected chi connectivity index (χ1v) is 5.46. The van der Waals surface area contributed by atoms with Crippen LogP contribution in [0.3, 0.4) is 0 Å². The molecule has 0 spiro atoms. The number of nitrogens with two attached hydrogens (primary N) is 1. The Morgan fingerprint density at radius 1 is 1.33 bits per heavy atom. The summed E-state index contributed by atoms with van der Waals surface area (Å²) in [6.07, 6.45) is 0. The molecule has 2 N–H and O–H groups in total. The number of aliphatic imine (C=N–C) groups is 1. The number of hydrogen-bond acceptors (Lipinski definition) is 5. The van der Waals surface area contributed by atoms with Gasteiger partial charge in [0.15, 0.2) is 10.8 Å². The fourth-order valence-corrected chi connectivity index (χ4v) is 2.64. The van der Waals surface area contributed by atoms with Gasteiger partial charge in [-0.15, -0.1) is 0 Å². The largest absolute Gasteiger partial charge is 0.386 e. The highest BCUT2D eigenvalue weighted by molar-refractivity contribution is 6.22. The molecule has 3 atom stereocenters. The number of nitrogens with zero attached hydrogens (tertiary/aromatic N) is 3. The summed E-state index contributed by atoms with van der Waals surface area (Å²) in [5, 5.41) is 18.5. The van der Waals surface area contributed by atoms with E-state index in [-0.39, 0.29) is 11.6 Å². The Kier molecular flexibility index (Phi) is 2.02. The zero-order valence-electron chi connectivity index (χ0n) is 10.3. The van der Waals surface area contributed by atoms with Crippen molar-refractivity contribution in [3.05, 3.63) is 0 Å². The third-order valence-electron chi connectivity index (χ3n) is 3.72. The molecular weight excluding hydrogens is 232 g/mol. The minimum Gasteiger partial charge on any atom is -0.386 e. The van der Waals surface area contributed by atoms with Gasteiger partial charge >= 0.3 is 0 Å². The molecule has 1 saturated carbocycles. The Morgan fingerprint density at radius 3 is 2.17 bits per heavy atom. The Bertz CT molecular complexity index is 587. The van der Waals surface area contributed by atoms with Gasteiger partial charge < -0.3 is 5.73 Å². The normalized spacial score (nSPS) is 37.3. The van der Waals surface area contributed by atoms with Crippen LogP contribution in [0.25, 0.3) is 0 Å². The maximum Gasteiger partial charge on any atom is 0.270 e. The molecule has 6 heteroatoms. The molecule has 0 aromatic rings. The standard InChI is InChI=1S/C12H12N4O2/c1-10(2,3)7(17)6-11(4-13)8(15)16-9(18)12(6,11)5-14/h6H,1-3H3,(H2,15,16,18)/t6-,11+,12+/m1/s1. The molecule has 92 valence electrons. The predicted molar refractivity (Wildman–Crippen MR) is 60.7 cm³/mol. The van der Waals surface area contributed by atoms with Crippen molar-refractivity contribution < 1.29 is 9.59 Å². The van der Waals surface area contributed by atoms with Crippen molar-refractivity contribution in [2.24, 2.45) is 32.9 Å². The minimum absolute atomic E-state index is 0.209. The first-order chi connectivity index (χ1) is 8.20. The molecule has 0 unspecified atom stereocenters. The molecule has 1 aliphatic heterocycles. The lowest BCUT2D eigenvalue weighted by Gasteiger charge is -2.18. The van der Waals surface area contributed by atoms with Crippen molar-refractivity contribution in [1.29, 1.82) is 10.5 Å². The molecule has 1 fully saturated rings. The number of hydrogen-bond donors (Lipinski definition) is 1. The smallest absolute Gasteiger partial charge is 0.270 e. The average Bonchev–Trinajstić information content (AvgIpc) is 2.83. The quantitative estimate of drug-likeness (QED) is 0.703. The molecule has 2 rings (SSSR count). The van der Waals surface area contributed by atoms with E-state index in [2.05, 4.69) is 4.99 Å².